The molecule has 9 heteroatoms. The molecule has 1 saturated heterocycles. The number of aromatic nitrogens is 4. The van der Waals surface area contributed by atoms with Crippen molar-refractivity contribution in [1.29, 1.82) is 0 Å². The van der Waals surface area contributed by atoms with Crippen molar-refractivity contribution >= 4 is 17.2 Å². The van der Waals surface area contributed by atoms with Crippen LogP contribution < -0.4 is 9.80 Å². The Kier molecular flexibility index (Phi) is 4.41. The maximum absolute atomic E-state index is 10.9. The fraction of sp³-hybridized carbons (Fsp3) is 0.278. The number of aryl methyl sites for hydroxylation is 1. The fourth-order valence-corrected chi connectivity index (χ4v) is 3.15. The monoisotopic (exact) mass is 365 g/mol. The minimum Gasteiger partial charge on any atom is -0.368 e. The van der Waals surface area contributed by atoms with Crippen LogP contribution >= 0.6 is 0 Å². The predicted molar refractivity (Wildman–Crippen MR) is 101 cm³/mol. The van der Waals surface area contributed by atoms with Gasteiger partial charge in [-0.15, -0.1) is 0 Å². The van der Waals surface area contributed by atoms with Gasteiger partial charge in [-0.2, -0.15) is 14.8 Å². The Morgan fingerprint density at radius 1 is 1.04 bits per heavy atom. The van der Waals surface area contributed by atoms with Crippen molar-refractivity contribution < 1.29 is 4.92 Å². The molecular weight excluding hydrogens is 346 g/mol. The van der Waals surface area contributed by atoms with Gasteiger partial charge in [0.25, 0.3) is 5.95 Å². The van der Waals surface area contributed by atoms with Crippen LogP contribution in [0.2, 0.25) is 0 Å². The number of hydrogen-bond acceptors (Lipinski definition) is 7. The van der Waals surface area contributed by atoms with Crippen LogP contribution in [0.25, 0.3) is 5.95 Å². The van der Waals surface area contributed by atoms with Crippen molar-refractivity contribution in [1.82, 2.24) is 19.7 Å². The van der Waals surface area contributed by atoms with E-state index in [2.05, 4.69) is 37.0 Å². The van der Waals surface area contributed by atoms with Crippen molar-refractivity contribution in [2.75, 3.05) is 36.0 Å². The summed E-state index contributed by atoms with van der Waals surface area (Å²) >= 11 is 0. The zero-order valence-corrected chi connectivity index (χ0v) is 14.9. The van der Waals surface area contributed by atoms with E-state index in [1.165, 1.54) is 22.8 Å². The summed E-state index contributed by atoms with van der Waals surface area (Å²) in [5, 5.41) is 14.9. The lowest BCUT2D eigenvalue weighted by Gasteiger charge is -2.36. The fourth-order valence-electron chi connectivity index (χ4n) is 3.15. The van der Waals surface area contributed by atoms with E-state index in [0.717, 1.165) is 37.7 Å². The highest BCUT2D eigenvalue weighted by Gasteiger charge is 2.20. The molecule has 1 aliphatic rings. The van der Waals surface area contributed by atoms with Gasteiger partial charge in [-0.3, -0.25) is 10.1 Å². The molecule has 0 radical (unpaired) electrons. The molecule has 0 atom stereocenters. The van der Waals surface area contributed by atoms with Gasteiger partial charge in [0.05, 0.1) is 4.92 Å². The number of hydrogen-bond donors (Lipinski definition) is 0. The summed E-state index contributed by atoms with van der Waals surface area (Å²) in [5.74, 6) is 1.15. The van der Waals surface area contributed by atoms with Gasteiger partial charge in [0.2, 0.25) is 0 Å². The van der Waals surface area contributed by atoms with Crippen LogP contribution in [0.15, 0.2) is 48.8 Å². The van der Waals surface area contributed by atoms with E-state index in [9.17, 15) is 10.1 Å². The van der Waals surface area contributed by atoms with E-state index in [0.29, 0.717) is 5.95 Å². The van der Waals surface area contributed by atoms with Gasteiger partial charge in [-0.25, -0.2) is 4.98 Å². The largest absolute Gasteiger partial charge is 0.368 e. The lowest BCUT2D eigenvalue weighted by atomic mass is 10.2. The van der Waals surface area contributed by atoms with Gasteiger partial charge in [0.15, 0.2) is 0 Å². The molecule has 2 aromatic heterocycles. The second-order valence-corrected chi connectivity index (χ2v) is 6.38. The molecule has 1 aromatic carbocycles. The SMILES string of the molecule is Cc1cc(N2CCN(c3ccccc3)CC2)nc(-n2cc([N+](=O)[O-])cn2)n1. The van der Waals surface area contributed by atoms with E-state index in [1.54, 1.807) is 0 Å². The molecular formula is C18H19N7O2. The highest BCUT2D eigenvalue weighted by molar-refractivity contribution is 5.50. The van der Waals surface area contributed by atoms with Crippen LogP contribution in [-0.4, -0.2) is 50.9 Å². The molecule has 4 rings (SSSR count). The van der Waals surface area contributed by atoms with Crippen LogP contribution in [0.3, 0.4) is 0 Å². The first-order valence-electron chi connectivity index (χ1n) is 8.70. The summed E-state index contributed by atoms with van der Waals surface area (Å²) in [6.45, 7) is 5.35. The zero-order valence-electron chi connectivity index (χ0n) is 14.9. The van der Waals surface area contributed by atoms with Gasteiger partial charge in [0.1, 0.15) is 18.2 Å². The summed E-state index contributed by atoms with van der Waals surface area (Å²) in [6, 6.07) is 12.3. The molecule has 3 aromatic rings. The number of para-hydroxylation sites is 1. The molecule has 0 aliphatic carbocycles. The first-order chi connectivity index (χ1) is 13.1. The molecule has 3 heterocycles. The summed E-state index contributed by atoms with van der Waals surface area (Å²) in [5.41, 5.74) is 1.93. The number of piperazine rings is 1. The number of nitrogens with zero attached hydrogens (tertiary/aromatic N) is 7. The van der Waals surface area contributed by atoms with Crippen LogP contribution in [0.4, 0.5) is 17.2 Å². The second kappa shape index (κ2) is 7.02. The Bertz CT molecular complexity index is 949. The third-order valence-electron chi connectivity index (χ3n) is 4.54. The van der Waals surface area contributed by atoms with Gasteiger partial charge < -0.3 is 9.80 Å². The molecule has 9 nitrogen and oxygen atoms in total. The maximum Gasteiger partial charge on any atom is 0.307 e. The van der Waals surface area contributed by atoms with Crippen molar-refractivity contribution in [3.8, 4) is 5.95 Å². The van der Waals surface area contributed by atoms with Crippen LogP contribution in [0.5, 0.6) is 0 Å². The summed E-state index contributed by atoms with van der Waals surface area (Å²) in [7, 11) is 0. The lowest BCUT2D eigenvalue weighted by Crippen LogP contribution is -2.47. The smallest absolute Gasteiger partial charge is 0.307 e. The topological polar surface area (TPSA) is 93.2 Å². The number of anilines is 2. The Morgan fingerprint density at radius 2 is 1.74 bits per heavy atom. The van der Waals surface area contributed by atoms with Crippen LogP contribution in [0.1, 0.15) is 5.69 Å². The Balaban J connectivity index is 1.53. The van der Waals surface area contributed by atoms with Crippen molar-refractivity contribution in [2.45, 2.75) is 6.92 Å². The highest BCUT2D eigenvalue weighted by Crippen LogP contribution is 2.20. The Hall–Kier alpha value is -3.49. The molecule has 27 heavy (non-hydrogen) atoms. The van der Waals surface area contributed by atoms with E-state index in [1.807, 2.05) is 31.2 Å². The first-order valence-corrected chi connectivity index (χ1v) is 8.70. The summed E-state index contributed by atoms with van der Waals surface area (Å²) in [6.07, 6.45) is 2.52. The van der Waals surface area contributed by atoms with Gasteiger partial charge in [0, 0.05) is 43.6 Å². The molecule has 0 amide bonds. The average molecular weight is 365 g/mol. The quantitative estimate of drug-likeness (QED) is 0.517. The average Bonchev–Trinajstić information content (AvgIpc) is 3.19. The molecule has 138 valence electrons. The van der Waals surface area contributed by atoms with E-state index in [4.69, 9.17) is 0 Å². The minimum absolute atomic E-state index is 0.0851. The lowest BCUT2D eigenvalue weighted by molar-refractivity contribution is -0.384. The molecule has 0 unspecified atom stereocenters. The second-order valence-electron chi connectivity index (χ2n) is 6.38. The number of rotatable bonds is 4. The molecule has 1 fully saturated rings. The minimum atomic E-state index is -0.483. The van der Waals surface area contributed by atoms with Gasteiger partial charge in [-0.1, -0.05) is 18.2 Å². The first kappa shape index (κ1) is 17.0. The molecule has 1 aliphatic heterocycles. The normalized spacial score (nSPS) is 14.4. The third-order valence-corrected chi connectivity index (χ3v) is 4.54. The van der Waals surface area contributed by atoms with Crippen molar-refractivity contribution in [2.24, 2.45) is 0 Å². The molecule has 0 N–H and O–H groups in total. The van der Waals surface area contributed by atoms with E-state index in [-0.39, 0.29) is 5.69 Å². The van der Waals surface area contributed by atoms with Crippen molar-refractivity contribution in [3.63, 3.8) is 0 Å². The van der Waals surface area contributed by atoms with Gasteiger partial charge in [-0.05, 0) is 19.1 Å². The molecule has 0 bridgehead atoms. The molecule has 0 spiro atoms. The summed E-state index contributed by atoms with van der Waals surface area (Å²) in [4.78, 5) is 23.9. The predicted octanol–water partition coefficient (Wildman–Crippen LogP) is 2.21. The molecule has 0 saturated carbocycles. The van der Waals surface area contributed by atoms with E-state index < -0.39 is 4.92 Å². The number of nitro groups is 1. The standard InChI is InChI=1S/C18H19N7O2/c1-14-11-17(21-18(20-14)24-13-16(12-19-24)25(26)27)23-9-7-22(8-10-23)15-5-3-2-4-6-15/h2-6,11-13H,7-10H2,1H3. The maximum atomic E-state index is 10.9. The Labute approximate surface area is 156 Å². The highest BCUT2D eigenvalue weighted by atomic mass is 16.6. The zero-order chi connectivity index (χ0) is 18.8. The third kappa shape index (κ3) is 3.57. The summed E-state index contributed by atoms with van der Waals surface area (Å²) < 4.78 is 1.34. The van der Waals surface area contributed by atoms with E-state index >= 15 is 0 Å². The Morgan fingerprint density at radius 3 is 2.41 bits per heavy atom. The van der Waals surface area contributed by atoms with Crippen molar-refractivity contribution in [3.05, 3.63) is 64.6 Å². The number of benzene rings is 1. The van der Waals surface area contributed by atoms with Crippen LogP contribution in [-0.2, 0) is 0 Å². The van der Waals surface area contributed by atoms with Crippen LogP contribution in [0, 0.1) is 17.0 Å². The van der Waals surface area contributed by atoms with Gasteiger partial charge >= 0.3 is 5.69 Å².